The molecule has 3 rings (SSSR count). The van der Waals surface area contributed by atoms with Gasteiger partial charge in [0.15, 0.2) is 0 Å². The Hall–Kier alpha value is -2.36. The third kappa shape index (κ3) is 3.85. The molecule has 27 heavy (non-hydrogen) atoms. The van der Waals surface area contributed by atoms with Crippen molar-refractivity contribution in [1.29, 1.82) is 0 Å². The lowest BCUT2D eigenvalue weighted by Gasteiger charge is -2.11. The number of fused-ring (bicyclic) bond motifs is 1. The fraction of sp³-hybridized carbons (Fsp3) is 0.176. The van der Waals surface area contributed by atoms with Crippen LogP contribution < -0.4 is 9.60 Å². The molecule has 0 saturated carbocycles. The molecule has 0 spiro atoms. The van der Waals surface area contributed by atoms with Gasteiger partial charge in [-0.2, -0.15) is 0 Å². The number of nitrogens with one attached hydrogen (secondary N) is 1. The standard InChI is InChI=1S/C17H15ClN2O5S2/c1-3-25-16(21)12-8-10(4-6-13(12)18)19-27(23,24)11-5-7-14-15(9-11)26-17(22)20(14)2/h4-9,19H,3H2,1-2H3. The monoisotopic (exact) mass is 426 g/mol. The Morgan fingerprint density at radius 1 is 1.26 bits per heavy atom. The highest BCUT2D eigenvalue weighted by molar-refractivity contribution is 7.92. The van der Waals surface area contributed by atoms with Gasteiger partial charge in [-0.3, -0.25) is 9.52 Å². The first-order valence-electron chi connectivity index (χ1n) is 7.82. The van der Waals surface area contributed by atoms with Gasteiger partial charge in [0, 0.05) is 12.7 Å². The summed E-state index contributed by atoms with van der Waals surface area (Å²) in [5.41, 5.74) is 0.888. The molecule has 1 N–H and O–H groups in total. The van der Waals surface area contributed by atoms with Crippen LogP contribution in [0.1, 0.15) is 17.3 Å². The maximum absolute atomic E-state index is 12.7. The van der Waals surface area contributed by atoms with E-state index in [2.05, 4.69) is 4.72 Å². The van der Waals surface area contributed by atoms with Gasteiger partial charge in [0.25, 0.3) is 10.0 Å². The number of aromatic nitrogens is 1. The van der Waals surface area contributed by atoms with Gasteiger partial charge < -0.3 is 9.30 Å². The number of rotatable bonds is 5. The molecule has 0 saturated heterocycles. The van der Waals surface area contributed by atoms with Crippen molar-refractivity contribution in [2.24, 2.45) is 7.05 Å². The molecule has 0 aliphatic rings. The first-order valence-corrected chi connectivity index (χ1v) is 10.5. The van der Waals surface area contributed by atoms with E-state index in [1.54, 1.807) is 20.0 Å². The average molecular weight is 427 g/mol. The van der Waals surface area contributed by atoms with Crippen molar-refractivity contribution in [3.63, 3.8) is 0 Å². The summed E-state index contributed by atoms with van der Waals surface area (Å²) < 4.78 is 34.7. The predicted molar refractivity (Wildman–Crippen MR) is 105 cm³/mol. The van der Waals surface area contributed by atoms with Crippen molar-refractivity contribution in [2.75, 3.05) is 11.3 Å². The summed E-state index contributed by atoms with van der Waals surface area (Å²) in [7, 11) is -2.30. The van der Waals surface area contributed by atoms with Crippen LogP contribution in [-0.2, 0) is 21.8 Å². The van der Waals surface area contributed by atoms with Crippen molar-refractivity contribution in [3.8, 4) is 0 Å². The van der Waals surface area contributed by atoms with Crippen LogP contribution in [0.25, 0.3) is 10.2 Å². The van der Waals surface area contributed by atoms with Crippen LogP contribution in [0.5, 0.6) is 0 Å². The number of hydrogen-bond donors (Lipinski definition) is 1. The van der Waals surface area contributed by atoms with E-state index in [-0.39, 0.29) is 32.6 Å². The zero-order valence-electron chi connectivity index (χ0n) is 14.4. The summed E-state index contributed by atoms with van der Waals surface area (Å²) in [5.74, 6) is -0.640. The van der Waals surface area contributed by atoms with Crippen LogP contribution in [0.3, 0.4) is 0 Å². The minimum atomic E-state index is -3.93. The third-order valence-corrected chi connectivity index (χ3v) is 6.49. The molecule has 0 radical (unpaired) electrons. The molecule has 0 amide bonds. The molecule has 142 valence electrons. The van der Waals surface area contributed by atoms with Crippen LogP contribution in [0.15, 0.2) is 46.1 Å². The number of aryl methyl sites for hydroxylation is 1. The maximum atomic E-state index is 12.7. The Kier molecular flexibility index (Phi) is 5.27. The summed E-state index contributed by atoms with van der Waals surface area (Å²) in [6.07, 6.45) is 0. The van der Waals surface area contributed by atoms with Crippen LogP contribution in [0, 0.1) is 0 Å². The lowest BCUT2D eigenvalue weighted by molar-refractivity contribution is 0.0526. The number of halogens is 1. The number of carbonyl (C=O) groups excluding carboxylic acids is 1. The number of carbonyl (C=O) groups is 1. The second kappa shape index (κ2) is 7.34. The Balaban J connectivity index is 1.96. The van der Waals surface area contributed by atoms with Gasteiger partial charge >= 0.3 is 10.8 Å². The van der Waals surface area contributed by atoms with E-state index in [4.69, 9.17) is 16.3 Å². The van der Waals surface area contributed by atoms with Crippen LogP contribution in [0.4, 0.5) is 5.69 Å². The molecule has 0 aliphatic carbocycles. The van der Waals surface area contributed by atoms with Gasteiger partial charge in [-0.15, -0.1) is 0 Å². The Labute approximate surface area is 164 Å². The number of sulfonamides is 1. The van der Waals surface area contributed by atoms with Crippen LogP contribution in [-0.4, -0.2) is 25.6 Å². The largest absolute Gasteiger partial charge is 0.462 e. The summed E-state index contributed by atoms with van der Waals surface area (Å²) >= 11 is 6.95. The zero-order valence-corrected chi connectivity index (χ0v) is 16.7. The van der Waals surface area contributed by atoms with E-state index in [1.807, 2.05) is 0 Å². The smallest absolute Gasteiger partial charge is 0.339 e. The van der Waals surface area contributed by atoms with Gasteiger partial charge in [-0.25, -0.2) is 13.2 Å². The summed E-state index contributed by atoms with van der Waals surface area (Å²) in [5, 5.41) is 0.159. The van der Waals surface area contributed by atoms with Crippen LogP contribution in [0.2, 0.25) is 5.02 Å². The Morgan fingerprint density at radius 2 is 2.00 bits per heavy atom. The first kappa shape index (κ1) is 19.4. The van der Waals surface area contributed by atoms with E-state index in [9.17, 15) is 18.0 Å². The van der Waals surface area contributed by atoms with E-state index in [0.717, 1.165) is 11.3 Å². The maximum Gasteiger partial charge on any atom is 0.339 e. The van der Waals surface area contributed by atoms with E-state index >= 15 is 0 Å². The molecule has 1 heterocycles. The summed E-state index contributed by atoms with van der Waals surface area (Å²) in [4.78, 5) is 23.5. The highest BCUT2D eigenvalue weighted by Crippen LogP contribution is 2.26. The van der Waals surface area contributed by atoms with Crippen molar-refractivity contribution < 1.29 is 17.9 Å². The molecule has 0 atom stereocenters. The van der Waals surface area contributed by atoms with E-state index < -0.39 is 16.0 Å². The number of nitrogens with zero attached hydrogens (tertiary/aromatic N) is 1. The first-order chi connectivity index (χ1) is 12.7. The highest BCUT2D eigenvalue weighted by Gasteiger charge is 2.18. The van der Waals surface area contributed by atoms with Crippen LogP contribution >= 0.6 is 22.9 Å². The number of benzene rings is 2. The molecule has 0 aliphatic heterocycles. The summed E-state index contributed by atoms with van der Waals surface area (Å²) in [6, 6.07) is 8.61. The topological polar surface area (TPSA) is 94.5 Å². The fourth-order valence-corrected chi connectivity index (χ4v) is 4.71. The fourth-order valence-electron chi connectivity index (χ4n) is 2.45. The average Bonchev–Trinajstić information content (AvgIpc) is 2.90. The van der Waals surface area contributed by atoms with Gasteiger partial charge in [0.1, 0.15) is 0 Å². The molecule has 10 heteroatoms. The van der Waals surface area contributed by atoms with Gasteiger partial charge in [-0.1, -0.05) is 22.9 Å². The zero-order chi connectivity index (χ0) is 19.8. The molecule has 1 aromatic heterocycles. The molecule has 7 nitrogen and oxygen atoms in total. The van der Waals surface area contributed by atoms with Crippen molar-refractivity contribution in [3.05, 3.63) is 56.7 Å². The van der Waals surface area contributed by atoms with Gasteiger partial charge in [-0.05, 0) is 43.3 Å². The lowest BCUT2D eigenvalue weighted by Crippen LogP contribution is -2.14. The second-order valence-corrected chi connectivity index (χ2v) is 8.66. The molecular formula is C17H15ClN2O5S2. The van der Waals surface area contributed by atoms with Crippen molar-refractivity contribution in [1.82, 2.24) is 4.57 Å². The molecule has 0 fully saturated rings. The lowest BCUT2D eigenvalue weighted by atomic mass is 10.2. The third-order valence-electron chi connectivity index (χ3n) is 3.79. The number of ether oxygens (including phenoxy) is 1. The number of hydrogen-bond acceptors (Lipinski definition) is 6. The highest BCUT2D eigenvalue weighted by atomic mass is 35.5. The minimum absolute atomic E-state index is 0.00415. The molecule has 2 aromatic carbocycles. The molecular weight excluding hydrogens is 412 g/mol. The predicted octanol–water partition coefficient (Wildman–Crippen LogP) is 3.23. The second-order valence-electron chi connectivity index (χ2n) is 5.58. The van der Waals surface area contributed by atoms with E-state index in [0.29, 0.717) is 10.2 Å². The van der Waals surface area contributed by atoms with E-state index in [1.165, 1.54) is 34.9 Å². The number of anilines is 1. The quantitative estimate of drug-likeness (QED) is 0.632. The van der Waals surface area contributed by atoms with Crippen molar-refractivity contribution in [2.45, 2.75) is 11.8 Å². The Morgan fingerprint density at radius 3 is 2.70 bits per heavy atom. The molecule has 3 aromatic rings. The van der Waals surface area contributed by atoms with Crippen molar-refractivity contribution >= 4 is 54.8 Å². The molecule has 0 bridgehead atoms. The SMILES string of the molecule is CCOC(=O)c1cc(NS(=O)(=O)c2ccc3c(c2)sc(=O)n3C)ccc1Cl. The minimum Gasteiger partial charge on any atom is -0.462 e. The normalized spacial score (nSPS) is 11.5. The Bertz CT molecular complexity index is 1200. The number of esters is 1. The van der Waals surface area contributed by atoms with Gasteiger partial charge in [0.2, 0.25) is 0 Å². The molecule has 0 unspecified atom stereocenters. The number of thiazole rings is 1. The summed E-state index contributed by atoms with van der Waals surface area (Å²) in [6.45, 7) is 1.83. The van der Waals surface area contributed by atoms with Gasteiger partial charge in [0.05, 0.1) is 32.3 Å².